The second-order valence-electron chi connectivity index (χ2n) is 5.53. The van der Waals surface area contributed by atoms with Crippen LogP contribution in [0.3, 0.4) is 0 Å². The second kappa shape index (κ2) is 5.73. The van der Waals surface area contributed by atoms with E-state index in [-0.39, 0.29) is 11.8 Å². The van der Waals surface area contributed by atoms with Crippen molar-refractivity contribution >= 4 is 23.2 Å². The highest BCUT2D eigenvalue weighted by molar-refractivity contribution is 7.07. The predicted molar refractivity (Wildman–Crippen MR) is 80.2 cm³/mol. The summed E-state index contributed by atoms with van der Waals surface area (Å²) in [6.45, 7) is 5.79. The van der Waals surface area contributed by atoms with Crippen LogP contribution in [0.5, 0.6) is 0 Å². The number of rotatable bonds is 2. The van der Waals surface area contributed by atoms with Crippen LogP contribution >= 0.6 is 11.3 Å². The van der Waals surface area contributed by atoms with Crippen molar-refractivity contribution in [3.8, 4) is 0 Å². The Hall–Kier alpha value is -1.47. The molecule has 6 nitrogen and oxygen atoms in total. The Balaban J connectivity index is 1.71. The van der Waals surface area contributed by atoms with E-state index in [4.69, 9.17) is 0 Å². The highest BCUT2D eigenvalue weighted by Crippen LogP contribution is 2.31. The topological polar surface area (TPSA) is 65.5 Å². The third-order valence-corrected chi connectivity index (χ3v) is 5.19. The van der Waals surface area contributed by atoms with E-state index in [2.05, 4.69) is 22.1 Å². The minimum Gasteiger partial charge on any atom is -0.353 e. The smallest absolute Gasteiger partial charge is 0.273 e. The van der Waals surface area contributed by atoms with E-state index >= 15 is 0 Å². The Morgan fingerprint density at radius 2 is 2.19 bits per heavy atom. The number of piperidine rings is 1. The maximum atomic E-state index is 12.4. The van der Waals surface area contributed by atoms with E-state index in [1.807, 2.05) is 4.90 Å². The highest BCUT2D eigenvalue weighted by Gasteiger charge is 2.48. The third kappa shape index (κ3) is 2.44. The average Bonchev–Trinajstić information content (AvgIpc) is 3.04. The van der Waals surface area contributed by atoms with Crippen LogP contribution in [0.1, 0.15) is 30.3 Å². The summed E-state index contributed by atoms with van der Waals surface area (Å²) in [6.07, 6.45) is 1.39. The van der Waals surface area contributed by atoms with Gasteiger partial charge in [-0.25, -0.2) is 4.98 Å². The van der Waals surface area contributed by atoms with Gasteiger partial charge in [-0.3, -0.25) is 14.5 Å². The molecule has 1 aromatic rings. The van der Waals surface area contributed by atoms with Gasteiger partial charge in [0.1, 0.15) is 11.2 Å². The molecule has 0 aliphatic carbocycles. The Morgan fingerprint density at radius 1 is 1.43 bits per heavy atom. The summed E-state index contributed by atoms with van der Waals surface area (Å²) in [6, 6.07) is 0. The number of aromatic nitrogens is 1. The van der Waals surface area contributed by atoms with Crippen LogP contribution in [0.25, 0.3) is 0 Å². The van der Waals surface area contributed by atoms with Crippen molar-refractivity contribution in [2.75, 3.05) is 32.7 Å². The summed E-state index contributed by atoms with van der Waals surface area (Å²) in [7, 11) is 0. The van der Waals surface area contributed by atoms with Crippen molar-refractivity contribution in [1.82, 2.24) is 20.1 Å². The summed E-state index contributed by atoms with van der Waals surface area (Å²) >= 11 is 1.43. The molecule has 0 radical (unpaired) electrons. The molecule has 0 unspecified atom stereocenters. The number of carbonyl (C=O) groups excluding carboxylic acids is 2. The molecule has 1 spiro atoms. The lowest BCUT2D eigenvalue weighted by molar-refractivity contribution is -0.140. The number of carbonyl (C=O) groups is 2. The summed E-state index contributed by atoms with van der Waals surface area (Å²) in [5, 5.41) is 4.76. The number of amides is 2. The molecule has 0 bridgehead atoms. The maximum absolute atomic E-state index is 12.4. The first-order valence-corrected chi connectivity index (χ1v) is 8.32. The molecule has 0 atom stereocenters. The number of likely N-dealkylation sites (tertiary alicyclic amines) is 1. The van der Waals surface area contributed by atoms with Crippen molar-refractivity contribution in [2.45, 2.75) is 25.3 Å². The second-order valence-corrected chi connectivity index (χ2v) is 6.25. The standard InChI is InChI=1S/C14H20N4O2S/c1-2-18-8-5-15-13(20)14(18)3-6-17(7-4-14)12(19)11-9-21-10-16-11/h9-10H,2-8H2,1H3,(H,15,20). The van der Waals surface area contributed by atoms with Crippen LogP contribution in [-0.2, 0) is 4.79 Å². The fourth-order valence-corrected chi connectivity index (χ4v) is 3.92. The molecule has 114 valence electrons. The van der Waals surface area contributed by atoms with Gasteiger partial charge in [0.05, 0.1) is 5.51 Å². The maximum Gasteiger partial charge on any atom is 0.273 e. The van der Waals surface area contributed by atoms with Crippen LogP contribution in [0.15, 0.2) is 10.9 Å². The molecular weight excluding hydrogens is 288 g/mol. The Morgan fingerprint density at radius 3 is 2.81 bits per heavy atom. The molecule has 0 saturated carbocycles. The Labute approximate surface area is 128 Å². The first kappa shape index (κ1) is 14.5. The lowest BCUT2D eigenvalue weighted by Gasteiger charge is -2.49. The number of nitrogens with one attached hydrogen (secondary N) is 1. The molecule has 7 heteroatoms. The summed E-state index contributed by atoms with van der Waals surface area (Å²) < 4.78 is 0. The minimum absolute atomic E-state index is 0.0228. The molecule has 2 saturated heterocycles. The average molecular weight is 308 g/mol. The zero-order chi connectivity index (χ0) is 14.9. The highest BCUT2D eigenvalue weighted by atomic mass is 32.1. The Kier molecular flexibility index (Phi) is 3.95. The monoisotopic (exact) mass is 308 g/mol. The molecule has 3 rings (SSSR count). The third-order valence-electron chi connectivity index (χ3n) is 4.61. The zero-order valence-corrected chi connectivity index (χ0v) is 13.0. The molecular formula is C14H20N4O2S. The van der Waals surface area contributed by atoms with Crippen LogP contribution in [0, 0.1) is 0 Å². The van der Waals surface area contributed by atoms with E-state index < -0.39 is 5.54 Å². The van der Waals surface area contributed by atoms with Crippen molar-refractivity contribution in [2.24, 2.45) is 0 Å². The number of hydrogen-bond donors (Lipinski definition) is 1. The van der Waals surface area contributed by atoms with E-state index in [0.29, 0.717) is 31.6 Å². The van der Waals surface area contributed by atoms with E-state index in [9.17, 15) is 9.59 Å². The van der Waals surface area contributed by atoms with E-state index in [0.717, 1.165) is 19.6 Å². The molecule has 1 aromatic heterocycles. The molecule has 2 aliphatic heterocycles. The van der Waals surface area contributed by atoms with Gasteiger partial charge in [0.25, 0.3) is 5.91 Å². The van der Waals surface area contributed by atoms with Gasteiger partial charge >= 0.3 is 0 Å². The van der Waals surface area contributed by atoms with Gasteiger partial charge in [-0.1, -0.05) is 6.92 Å². The molecule has 2 amide bonds. The summed E-state index contributed by atoms with van der Waals surface area (Å²) in [5.41, 5.74) is 1.76. The molecule has 2 fully saturated rings. The lowest BCUT2D eigenvalue weighted by atomic mass is 9.83. The molecule has 0 aromatic carbocycles. The SMILES string of the molecule is CCN1CCNC(=O)C12CCN(C(=O)c1cscn1)CC2. The number of piperazine rings is 1. The van der Waals surface area contributed by atoms with Gasteiger partial charge < -0.3 is 10.2 Å². The number of likely N-dealkylation sites (N-methyl/N-ethyl adjacent to an activating group) is 1. The minimum atomic E-state index is -0.425. The zero-order valence-electron chi connectivity index (χ0n) is 12.2. The summed E-state index contributed by atoms with van der Waals surface area (Å²) in [4.78, 5) is 32.9. The van der Waals surface area contributed by atoms with Crippen molar-refractivity contribution in [3.63, 3.8) is 0 Å². The number of hydrogen-bond acceptors (Lipinski definition) is 5. The fourth-order valence-electron chi connectivity index (χ4n) is 3.39. The largest absolute Gasteiger partial charge is 0.353 e. The molecule has 2 aliphatic rings. The van der Waals surface area contributed by atoms with Gasteiger partial charge in [-0.2, -0.15) is 0 Å². The van der Waals surface area contributed by atoms with Gasteiger partial charge in [0.2, 0.25) is 5.91 Å². The van der Waals surface area contributed by atoms with Crippen molar-refractivity contribution in [3.05, 3.63) is 16.6 Å². The van der Waals surface area contributed by atoms with E-state index in [1.54, 1.807) is 10.9 Å². The van der Waals surface area contributed by atoms with Gasteiger partial charge in [0.15, 0.2) is 0 Å². The van der Waals surface area contributed by atoms with Crippen LogP contribution in [-0.4, -0.2) is 64.9 Å². The van der Waals surface area contributed by atoms with Crippen LogP contribution in [0.2, 0.25) is 0 Å². The van der Waals surface area contributed by atoms with Crippen molar-refractivity contribution < 1.29 is 9.59 Å². The van der Waals surface area contributed by atoms with Gasteiger partial charge in [0, 0.05) is 31.6 Å². The van der Waals surface area contributed by atoms with Gasteiger partial charge in [-0.15, -0.1) is 11.3 Å². The van der Waals surface area contributed by atoms with Crippen molar-refractivity contribution in [1.29, 1.82) is 0 Å². The van der Waals surface area contributed by atoms with Crippen LogP contribution < -0.4 is 5.32 Å². The predicted octanol–water partition coefficient (Wildman–Crippen LogP) is 0.570. The molecule has 21 heavy (non-hydrogen) atoms. The first-order valence-electron chi connectivity index (χ1n) is 7.38. The number of thiazole rings is 1. The summed E-state index contributed by atoms with van der Waals surface area (Å²) in [5.74, 6) is 0.0988. The normalized spacial score (nSPS) is 22.3. The lowest BCUT2D eigenvalue weighted by Crippen LogP contribution is -2.68. The number of nitrogens with zero attached hydrogens (tertiary/aromatic N) is 3. The fraction of sp³-hybridized carbons (Fsp3) is 0.643. The first-order chi connectivity index (χ1) is 10.2. The van der Waals surface area contributed by atoms with E-state index in [1.165, 1.54) is 11.3 Å². The Bertz CT molecular complexity index is 523. The van der Waals surface area contributed by atoms with Gasteiger partial charge in [-0.05, 0) is 19.4 Å². The molecule has 1 N–H and O–H groups in total. The molecule has 3 heterocycles. The van der Waals surface area contributed by atoms with Crippen LogP contribution in [0.4, 0.5) is 0 Å². The quantitative estimate of drug-likeness (QED) is 0.867.